The number of ether oxygens (including phenoxy) is 3. The number of carbonyl (C=O) groups excluding carboxylic acids is 3. The van der Waals surface area contributed by atoms with Gasteiger partial charge < -0.3 is 28.9 Å². The van der Waals surface area contributed by atoms with Crippen LogP contribution in [0.5, 0.6) is 0 Å². The molecule has 0 aromatic rings. The molecule has 0 bridgehead atoms. The molecule has 114 valence electrons. The maximum atomic E-state index is 11.3. The predicted molar refractivity (Wildman–Crippen MR) is 67.7 cm³/mol. The van der Waals surface area contributed by atoms with E-state index in [9.17, 15) is 14.4 Å². The zero-order chi connectivity index (χ0) is 16.5. The van der Waals surface area contributed by atoms with Gasteiger partial charge >= 0.3 is 31.2 Å². The molecular weight excluding hydrogens is 287 g/mol. The van der Waals surface area contributed by atoms with E-state index in [1.54, 1.807) is 0 Å². The Bertz CT molecular complexity index is 388. The normalized spacial score (nSPS) is 10.0. The molecule has 0 aliphatic rings. The zero-order valence-corrected chi connectivity index (χ0v) is 10.9. The molecule has 0 amide bonds. The lowest BCUT2D eigenvalue weighted by Crippen LogP contribution is -2.49. The summed E-state index contributed by atoms with van der Waals surface area (Å²) in [5, 5.41) is 17.3. The summed E-state index contributed by atoms with van der Waals surface area (Å²) in [5.41, 5.74) is 0. The Morgan fingerprint density at radius 1 is 0.905 bits per heavy atom. The third kappa shape index (κ3) is 7.06. The van der Waals surface area contributed by atoms with Crippen molar-refractivity contribution in [3.05, 3.63) is 38.0 Å². The average Bonchev–Trinajstić information content (AvgIpc) is 2.44. The van der Waals surface area contributed by atoms with Crippen molar-refractivity contribution in [2.45, 2.75) is 5.97 Å². The molecule has 0 saturated heterocycles. The van der Waals surface area contributed by atoms with Crippen LogP contribution in [0, 0.1) is 0 Å². The SMILES string of the molecule is C=CC(=O)OC(COB(O)O)(OC(=O)C=C)OC(=O)C=C. The van der Waals surface area contributed by atoms with Gasteiger partial charge in [0, 0.05) is 18.2 Å². The van der Waals surface area contributed by atoms with Crippen LogP contribution in [0.3, 0.4) is 0 Å². The Kier molecular flexibility index (Phi) is 7.68. The molecule has 0 aliphatic heterocycles. The van der Waals surface area contributed by atoms with Crippen molar-refractivity contribution in [2.75, 3.05) is 6.61 Å². The maximum Gasteiger partial charge on any atom is 0.634 e. The van der Waals surface area contributed by atoms with Crippen LogP contribution in [0.4, 0.5) is 0 Å². The summed E-state index contributed by atoms with van der Waals surface area (Å²) in [4.78, 5) is 33.8. The summed E-state index contributed by atoms with van der Waals surface area (Å²) in [5.74, 6) is -6.12. The van der Waals surface area contributed by atoms with E-state index in [0.29, 0.717) is 18.2 Å². The number of carbonyl (C=O) groups is 3. The van der Waals surface area contributed by atoms with Crippen LogP contribution in [0.1, 0.15) is 0 Å². The molecule has 0 spiro atoms. The van der Waals surface area contributed by atoms with E-state index in [0.717, 1.165) is 0 Å². The van der Waals surface area contributed by atoms with E-state index in [4.69, 9.17) is 10.0 Å². The molecule has 0 rings (SSSR count). The van der Waals surface area contributed by atoms with Crippen LogP contribution in [0.25, 0.3) is 0 Å². The van der Waals surface area contributed by atoms with E-state index < -0.39 is 37.8 Å². The second-order valence-corrected chi connectivity index (χ2v) is 3.20. The third-order valence-electron chi connectivity index (χ3n) is 1.68. The first-order valence-corrected chi connectivity index (χ1v) is 5.32. The molecule has 0 heterocycles. The van der Waals surface area contributed by atoms with Crippen molar-refractivity contribution in [3.63, 3.8) is 0 Å². The van der Waals surface area contributed by atoms with Crippen LogP contribution in [-0.4, -0.2) is 47.9 Å². The second kappa shape index (κ2) is 8.69. The average molecular weight is 300 g/mol. The molecule has 0 atom stereocenters. The standard InChI is InChI=1S/C11H13BO9/c1-4-8(13)19-11(7-18-12(16)17,20-9(14)5-2)21-10(15)6-3/h4-6,16-17H,1-3,7H2. The Morgan fingerprint density at radius 3 is 1.48 bits per heavy atom. The molecule has 9 nitrogen and oxygen atoms in total. The smallest absolute Gasteiger partial charge is 0.402 e. The zero-order valence-electron chi connectivity index (χ0n) is 10.9. The van der Waals surface area contributed by atoms with E-state index in [-0.39, 0.29) is 0 Å². The minimum atomic E-state index is -2.70. The van der Waals surface area contributed by atoms with Gasteiger partial charge in [-0.2, -0.15) is 0 Å². The topological polar surface area (TPSA) is 129 Å². The van der Waals surface area contributed by atoms with Crippen molar-refractivity contribution in [2.24, 2.45) is 0 Å². The van der Waals surface area contributed by atoms with E-state index in [1.165, 1.54) is 0 Å². The molecule has 0 aromatic heterocycles. The lowest BCUT2D eigenvalue weighted by atomic mass is 10.2. The lowest BCUT2D eigenvalue weighted by Gasteiger charge is -2.29. The van der Waals surface area contributed by atoms with Crippen LogP contribution in [0.15, 0.2) is 38.0 Å². The second-order valence-electron chi connectivity index (χ2n) is 3.20. The van der Waals surface area contributed by atoms with Gasteiger partial charge in [-0.15, -0.1) is 0 Å². The molecule has 0 aliphatic carbocycles. The van der Waals surface area contributed by atoms with Crippen molar-refractivity contribution < 1.29 is 43.3 Å². The third-order valence-corrected chi connectivity index (χ3v) is 1.68. The molecule has 0 radical (unpaired) electrons. The van der Waals surface area contributed by atoms with Crippen molar-refractivity contribution >= 4 is 25.2 Å². The molecule has 21 heavy (non-hydrogen) atoms. The summed E-state index contributed by atoms with van der Waals surface area (Å²) in [6.07, 6.45) is 2.06. The minimum Gasteiger partial charge on any atom is -0.402 e. The largest absolute Gasteiger partial charge is 0.634 e. The van der Waals surface area contributed by atoms with Crippen LogP contribution >= 0.6 is 0 Å². The highest BCUT2D eigenvalue weighted by Gasteiger charge is 2.44. The first-order valence-electron chi connectivity index (χ1n) is 5.32. The van der Waals surface area contributed by atoms with Gasteiger partial charge in [-0.05, 0) is 0 Å². The molecule has 2 N–H and O–H groups in total. The van der Waals surface area contributed by atoms with E-state index >= 15 is 0 Å². The summed E-state index contributed by atoms with van der Waals surface area (Å²) in [7, 11) is -2.31. The van der Waals surface area contributed by atoms with E-state index in [2.05, 4.69) is 38.6 Å². The van der Waals surface area contributed by atoms with Gasteiger partial charge in [0.05, 0.1) is 0 Å². The minimum absolute atomic E-state index is 0.688. The summed E-state index contributed by atoms with van der Waals surface area (Å²) in [6.45, 7) is 8.29. The van der Waals surface area contributed by atoms with Crippen molar-refractivity contribution in [1.82, 2.24) is 0 Å². The first kappa shape index (κ1) is 18.6. The quantitative estimate of drug-likeness (QED) is 0.234. The van der Waals surface area contributed by atoms with Crippen LogP contribution < -0.4 is 0 Å². The fourth-order valence-corrected chi connectivity index (χ4v) is 0.912. The van der Waals surface area contributed by atoms with Gasteiger partial charge in [0.1, 0.15) is 0 Å². The Balaban J connectivity index is 5.42. The number of rotatable bonds is 9. The van der Waals surface area contributed by atoms with Gasteiger partial charge in [-0.3, -0.25) is 0 Å². The summed E-state index contributed by atoms with van der Waals surface area (Å²) in [6, 6.07) is 0. The highest BCUT2D eigenvalue weighted by atomic mass is 16.9. The van der Waals surface area contributed by atoms with E-state index in [1.807, 2.05) is 0 Å². The molecule has 10 heteroatoms. The van der Waals surface area contributed by atoms with Crippen LogP contribution in [-0.2, 0) is 33.2 Å². The molecule has 0 fully saturated rings. The Hall–Kier alpha value is -2.43. The number of hydrogen-bond donors (Lipinski definition) is 2. The van der Waals surface area contributed by atoms with Crippen molar-refractivity contribution in [1.29, 1.82) is 0 Å². The highest BCUT2D eigenvalue weighted by molar-refractivity contribution is 6.32. The van der Waals surface area contributed by atoms with Gasteiger partial charge in [0.25, 0.3) is 0 Å². The fourth-order valence-electron chi connectivity index (χ4n) is 0.912. The first-order chi connectivity index (χ1) is 9.78. The van der Waals surface area contributed by atoms with Gasteiger partial charge in [-0.1, -0.05) is 19.7 Å². The Labute approximate surface area is 120 Å². The number of esters is 3. The van der Waals surface area contributed by atoms with Gasteiger partial charge in [-0.25, -0.2) is 14.4 Å². The highest BCUT2D eigenvalue weighted by Crippen LogP contribution is 2.19. The molecular formula is C11H13BO9. The number of hydrogen-bond acceptors (Lipinski definition) is 9. The predicted octanol–water partition coefficient (Wildman–Crippen LogP) is -1.19. The lowest BCUT2D eigenvalue weighted by molar-refractivity contribution is -0.335. The maximum absolute atomic E-state index is 11.3. The fraction of sp³-hybridized carbons (Fsp3) is 0.182. The molecule has 0 aromatic carbocycles. The van der Waals surface area contributed by atoms with Crippen LogP contribution in [0.2, 0.25) is 0 Å². The summed E-state index contributed by atoms with van der Waals surface area (Å²) < 4.78 is 18.1. The monoisotopic (exact) mass is 300 g/mol. The molecule has 0 saturated carbocycles. The van der Waals surface area contributed by atoms with Gasteiger partial charge in [0.2, 0.25) is 0 Å². The Morgan fingerprint density at radius 2 is 1.24 bits per heavy atom. The molecule has 0 unspecified atom stereocenters. The van der Waals surface area contributed by atoms with Gasteiger partial charge in [0.15, 0.2) is 6.61 Å². The van der Waals surface area contributed by atoms with Crippen molar-refractivity contribution in [3.8, 4) is 0 Å². The summed E-state index contributed by atoms with van der Waals surface area (Å²) >= 11 is 0.